The Balaban J connectivity index is 3.27. The van der Waals surface area contributed by atoms with Gasteiger partial charge in [0.1, 0.15) is 0 Å². The highest BCUT2D eigenvalue weighted by atomic mass is 14.1. The lowest BCUT2D eigenvalue weighted by Crippen LogP contribution is -1.95. The van der Waals surface area contributed by atoms with Gasteiger partial charge in [0.05, 0.1) is 0 Å². The molecule has 0 spiro atoms. The highest BCUT2D eigenvalue weighted by Crippen LogP contribution is 2.13. The number of hydrogen-bond donors (Lipinski definition) is 0. The van der Waals surface area contributed by atoms with Gasteiger partial charge < -0.3 is 0 Å². The first kappa shape index (κ1) is 15.6. The molecule has 0 rings (SSSR count). The number of hydrogen-bond acceptors (Lipinski definition) is 0. The highest BCUT2D eigenvalue weighted by Gasteiger charge is 2.00. The Labute approximate surface area is 103 Å². The molecule has 92 valence electrons. The quantitative estimate of drug-likeness (QED) is 0.370. The summed E-state index contributed by atoms with van der Waals surface area (Å²) < 4.78 is 0. The van der Waals surface area contributed by atoms with Crippen molar-refractivity contribution in [2.75, 3.05) is 0 Å². The van der Waals surface area contributed by atoms with Crippen LogP contribution >= 0.6 is 0 Å². The van der Waals surface area contributed by atoms with Crippen LogP contribution in [0.25, 0.3) is 0 Å². The molecule has 0 N–H and O–H groups in total. The minimum atomic E-state index is 0.784. The molecule has 0 amide bonds. The monoisotopic (exact) mass is 220 g/mol. The molecule has 0 heterocycles. The van der Waals surface area contributed by atoms with E-state index in [-0.39, 0.29) is 0 Å². The second-order valence-corrected chi connectivity index (χ2v) is 4.47. The largest absolute Gasteiger partial charge is 0.103 e. The lowest BCUT2D eigenvalue weighted by Gasteiger charge is -2.08. The zero-order valence-electron chi connectivity index (χ0n) is 11.1. The molecule has 2 radical (unpaired) electrons. The maximum atomic E-state index is 3.96. The minimum absolute atomic E-state index is 0.784. The molecule has 0 aliphatic carbocycles. The number of unbranched alkanes of at least 4 members (excludes halogenated alkanes) is 5. The summed E-state index contributed by atoms with van der Waals surface area (Å²) in [5, 5.41) is 0. The Hall–Kier alpha value is -0.440. The molecule has 16 heavy (non-hydrogen) atoms. The molecule has 0 heteroatoms. The van der Waals surface area contributed by atoms with E-state index in [4.69, 9.17) is 0 Å². The van der Waals surface area contributed by atoms with Crippen molar-refractivity contribution in [2.45, 2.75) is 71.1 Å². The van der Waals surface area contributed by atoms with E-state index in [1.165, 1.54) is 38.5 Å². The maximum Gasteiger partial charge on any atom is 0.00913 e. The van der Waals surface area contributed by atoms with Crippen molar-refractivity contribution in [1.82, 2.24) is 0 Å². The van der Waals surface area contributed by atoms with Gasteiger partial charge in [-0.15, -0.1) is 11.8 Å². The van der Waals surface area contributed by atoms with E-state index < -0.39 is 0 Å². The Kier molecular flexibility index (Phi) is 12.3. The van der Waals surface area contributed by atoms with E-state index in [1.807, 2.05) is 0 Å². The predicted molar refractivity (Wildman–Crippen MR) is 73.8 cm³/mol. The fourth-order valence-electron chi connectivity index (χ4n) is 1.75. The van der Waals surface area contributed by atoms with E-state index in [0.29, 0.717) is 0 Å². The van der Waals surface area contributed by atoms with Gasteiger partial charge in [0.15, 0.2) is 0 Å². The topological polar surface area (TPSA) is 0 Å². The summed E-state index contributed by atoms with van der Waals surface area (Å²) >= 11 is 0. The zero-order valence-corrected chi connectivity index (χ0v) is 11.1. The molecule has 0 aliphatic heterocycles. The maximum absolute atomic E-state index is 3.96. The molecule has 0 saturated carbocycles. The molecular formula is C16H28. The second-order valence-electron chi connectivity index (χ2n) is 4.47. The van der Waals surface area contributed by atoms with Gasteiger partial charge >= 0.3 is 0 Å². The van der Waals surface area contributed by atoms with Gasteiger partial charge in [0, 0.05) is 12.8 Å². The smallest absolute Gasteiger partial charge is 0.00913 e. The van der Waals surface area contributed by atoms with Crippen LogP contribution in [-0.4, -0.2) is 0 Å². The minimum Gasteiger partial charge on any atom is -0.103 e. The normalized spacial score (nSPS) is 10.2. The third kappa shape index (κ3) is 10.1. The van der Waals surface area contributed by atoms with Gasteiger partial charge in [-0.2, -0.15) is 0 Å². The van der Waals surface area contributed by atoms with Crippen LogP contribution in [0.15, 0.2) is 0 Å². The summed E-state index contributed by atoms with van der Waals surface area (Å²) in [6, 6.07) is 0. The average molecular weight is 220 g/mol. The summed E-state index contributed by atoms with van der Waals surface area (Å²) in [7, 11) is 0. The molecule has 0 bridgehead atoms. The van der Waals surface area contributed by atoms with Crippen LogP contribution in [-0.2, 0) is 0 Å². The van der Waals surface area contributed by atoms with Crippen molar-refractivity contribution in [3.63, 3.8) is 0 Å². The van der Waals surface area contributed by atoms with Crippen molar-refractivity contribution in [1.29, 1.82) is 0 Å². The summed E-state index contributed by atoms with van der Waals surface area (Å²) in [5.41, 5.74) is 0. The van der Waals surface area contributed by atoms with Crippen LogP contribution in [0.5, 0.6) is 0 Å². The third-order valence-corrected chi connectivity index (χ3v) is 3.09. The molecule has 1 unspecified atom stereocenters. The van der Waals surface area contributed by atoms with Gasteiger partial charge in [-0.3, -0.25) is 0 Å². The second kappa shape index (κ2) is 12.6. The van der Waals surface area contributed by atoms with E-state index in [1.54, 1.807) is 0 Å². The summed E-state index contributed by atoms with van der Waals surface area (Å²) in [6.07, 6.45) is 11.9. The van der Waals surface area contributed by atoms with Crippen LogP contribution in [0.4, 0.5) is 0 Å². The number of rotatable bonds is 9. The van der Waals surface area contributed by atoms with Crippen LogP contribution in [0.3, 0.4) is 0 Å². The van der Waals surface area contributed by atoms with Gasteiger partial charge in [0.2, 0.25) is 0 Å². The molecule has 0 nitrogen and oxygen atoms in total. The Morgan fingerprint density at radius 3 is 2.25 bits per heavy atom. The van der Waals surface area contributed by atoms with Crippen molar-refractivity contribution in [2.24, 2.45) is 5.92 Å². The molecular weight excluding hydrogens is 192 g/mol. The Morgan fingerprint density at radius 1 is 0.938 bits per heavy atom. The van der Waals surface area contributed by atoms with Crippen molar-refractivity contribution in [3.05, 3.63) is 13.8 Å². The third-order valence-electron chi connectivity index (χ3n) is 3.09. The van der Waals surface area contributed by atoms with Gasteiger partial charge in [-0.1, -0.05) is 59.3 Å². The predicted octanol–water partition coefficient (Wildman–Crippen LogP) is 5.20. The fraction of sp³-hybridized carbons (Fsp3) is 0.750. The summed E-state index contributed by atoms with van der Waals surface area (Å²) in [5.74, 6) is 7.35. The van der Waals surface area contributed by atoms with Crippen molar-refractivity contribution in [3.8, 4) is 11.8 Å². The molecule has 0 aromatic rings. The SMILES string of the molecule is [CH2]CCCCCCC#CCCC(C[CH2])CC. The van der Waals surface area contributed by atoms with E-state index >= 15 is 0 Å². The zero-order chi connectivity index (χ0) is 12.1. The molecule has 0 aromatic carbocycles. The van der Waals surface area contributed by atoms with E-state index in [0.717, 1.165) is 31.6 Å². The standard InChI is InChI=1S/C16H28/c1-4-7-8-9-10-11-12-13-14-15-16(5-2)6-3/h16H,1-2,4-11,14-15H2,3H3. The lowest BCUT2D eigenvalue weighted by molar-refractivity contribution is 0.482. The first-order valence-corrected chi connectivity index (χ1v) is 6.89. The molecule has 0 saturated heterocycles. The van der Waals surface area contributed by atoms with Gasteiger partial charge in [0.25, 0.3) is 0 Å². The van der Waals surface area contributed by atoms with Crippen LogP contribution in [0.1, 0.15) is 71.1 Å². The first-order valence-electron chi connectivity index (χ1n) is 6.89. The fourth-order valence-corrected chi connectivity index (χ4v) is 1.75. The Morgan fingerprint density at radius 2 is 1.62 bits per heavy atom. The summed E-state index contributed by atoms with van der Waals surface area (Å²) in [4.78, 5) is 0. The average Bonchev–Trinajstić information content (AvgIpc) is 2.32. The summed E-state index contributed by atoms with van der Waals surface area (Å²) in [6.45, 7) is 10.0. The lowest BCUT2D eigenvalue weighted by atomic mass is 9.98. The molecule has 1 atom stereocenters. The first-order chi connectivity index (χ1) is 7.85. The van der Waals surface area contributed by atoms with Crippen molar-refractivity contribution >= 4 is 0 Å². The van der Waals surface area contributed by atoms with Crippen LogP contribution < -0.4 is 0 Å². The van der Waals surface area contributed by atoms with Crippen molar-refractivity contribution < 1.29 is 0 Å². The van der Waals surface area contributed by atoms with E-state index in [2.05, 4.69) is 32.6 Å². The van der Waals surface area contributed by atoms with Gasteiger partial charge in [-0.05, 0) is 18.8 Å². The highest BCUT2D eigenvalue weighted by molar-refractivity contribution is 4.98. The Bertz CT molecular complexity index is 178. The van der Waals surface area contributed by atoms with Crippen LogP contribution in [0.2, 0.25) is 0 Å². The van der Waals surface area contributed by atoms with Crippen LogP contribution in [0, 0.1) is 31.6 Å². The van der Waals surface area contributed by atoms with Gasteiger partial charge in [-0.25, -0.2) is 0 Å². The molecule has 0 aromatic heterocycles. The molecule has 0 aliphatic rings. The molecule has 0 fully saturated rings. The van der Waals surface area contributed by atoms with E-state index in [9.17, 15) is 0 Å².